The van der Waals surface area contributed by atoms with E-state index in [2.05, 4.69) is 31.2 Å². The van der Waals surface area contributed by atoms with Crippen molar-refractivity contribution in [2.75, 3.05) is 13.2 Å². The largest absolute Gasteiger partial charge is 0.380 e. The molecular weight excluding hydrogens is 184 g/mol. The van der Waals surface area contributed by atoms with E-state index in [9.17, 15) is 0 Å². The summed E-state index contributed by atoms with van der Waals surface area (Å²) < 4.78 is 5.12. The topological polar surface area (TPSA) is 9.23 Å². The van der Waals surface area contributed by atoms with Crippen LogP contribution < -0.4 is 0 Å². The molecule has 0 radical (unpaired) electrons. The average molecular weight is 208 g/mol. The second-order valence-corrected chi connectivity index (χ2v) is 3.15. The van der Waals surface area contributed by atoms with Crippen molar-refractivity contribution in [3.63, 3.8) is 0 Å². The lowest BCUT2D eigenvalue weighted by Gasteiger charge is -2.26. The van der Waals surface area contributed by atoms with E-state index in [-0.39, 0.29) is 0 Å². The third-order valence-electron chi connectivity index (χ3n) is 2.19. The first-order valence-corrected chi connectivity index (χ1v) is 6.00. The predicted molar refractivity (Wildman–Crippen MR) is 67.4 cm³/mol. The summed E-state index contributed by atoms with van der Waals surface area (Å²) in [5, 5.41) is 0. The minimum Gasteiger partial charge on any atom is -0.380 e. The molecule has 0 atom stereocenters. The van der Waals surface area contributed by atoms with Gasteiger partial charge < -0.3 is 4.74 Å². The van der Waals surface area contributed by atoms with Gasteiger partial charge in [-0.3, -0.25) is 0 Å². The SMILES string of the molecule is CC.CC.Cc1ccc(C2COC2)cc1. The summed E-state index contributed by atoms with van der Waals surface area (Å²) in [5.41, 5.74) is 2.75. The fourth-order valence-electron chi connectivity index (χ4n) is 1.27. The summed E-state index contributed by atoms with van der Waals surface area (Å²) in [6.07, 6.45) is 0. The molecule has 0 aromatic heterocycles. The lowest BCUT2D eigenvalue weighted by molar-refractivity contribution is 0.00842. The molecule has 86 valence electrons. The van der Waals surface area contributed by atoms with Crippen LogP contribution in [0, 0.1) is 6.92 Å². The molecule has 0 saturated carbocycles. The van der Waals surface area contributed by atoms with Gasteiger partial charge in [0.15, 0.2) is 0 Å². The van der Waals surface area contributed by atoms with Crippen LogP contribution in [0.4, 0.5) is 0 Å². The smallest absolute Gasteiger partial charge is 0.0557 e. The van der Waals surface area contributed by atoms with Crippen LogP contribution >= 0.6 is 0 Å². The minimum absolute atomic E-state index is 0.663. The van der Waals surface area contributed by atoms with Crippen molar-refractivity contribution < 1.29 is 4.74 Å². The standard InChI is InChI=1S/C10H12O.2C2H6/c1-8-2-4-9(5-3-8)10-6-11-7-10;2*1-2/h2-5,10H,6-7H2,1H3;2*1-2H3. The fraction of sp³-hybridized carbons (Fsp3) is 0.571. The Morgan fingerprint density at radius 1 is 0.933 bits per heavy atom. The third-order valence-corrected chi connectivity index (χ3v) is 2.19. The summed E-state index contributed by atoms with van der Waals surface area (Å²) in [6, 6.07) is 8.71. The summed E-state index contributed by atoms with van der Waals surface area (Å²) >= 11 is 0. The maximum Gasteiger partial charge on any atom is 0.0557 e. The van der Waals surface area contributed by atoms with Crippen LogP contribution in [0.3, 0.4) is 0 Å². The first-order valence-electron chi connectivity index (χ1n) is 6.00. The van der Waals surface area contributed by atoms with E-state index in [1.165, 1.54) is 11.1 Å². The van der Waals surface area contributed by atoms with Crippen molar-refractivity contribution in [3.8, 4) is 0 Å². The lowest BCUT2D eigenvalue weighted by Crippen LogP contribution is -2.24. The first kappa shape index (κ1) is 14.2. The van der Waals surface area contributed by atoms with Crippen LogP contribution in [0.5, 0.6) is 0 Å². The number of aryl methyl sites for hydroxylation is 1. The van der Waals surface area contributed by atoms with Gasteiger partial charge in [-0.05, 0) is 12.5 Å². The lowest BCUT2D eigenvalue weighted by atomic mass is 9.97. The van der Waals surface area contributed by atoms with E-state index >= 15 is 0 Å². The normalized spacial score (nSPS) is 13.9. The third kappa shape index (κ3) is 4.48. The molecule has 0 spiro atoms. The fourth-order valence-corrected chi connectivity index (χ4v) is 1.27. The Balaban J connectivity index is 0.000000442. The molecule has 1 aromatic rings. The van der Waals surface area contributed by atoms with Crippen LogP contribution in [0.2, 0.25) is 0 Å². The van der Waals surface area contributed by atoms with Gasteiger partial charge in [0.05, 0.1) is 13.2 Å². The molecule has 0 bridgehead atoms. The Kier molecular flexibility index (Phi) is 8.02. The Morgan fingerprint density at radius 3 is 1.73 bits per heavy atom. The number of hydrogen-bond acceptors (Lipinski definition) is 1. The molecule has 1 fully saturated rings. The van der Waals surface area contributed by atoms with E-state index in [1.807, 2.05) is 27.7 Å². The molecule has 15 heavy (non-hydrogen) atoms. The second kappa shape index (κ2) is 8.49. The Hall–Kier alpha value is -0.820. The number of ether oxygens (including phenoxy) is 1. The Bertz CT molecular complexity index is 234. The molecule has 0 N–H and O–H groups in total. The van der Waals surface area contributed by atoms with Crippen molar-refractivity contribution in [2.24, 2.45) is 0 Å². The van der Waals surface area contributed by atoms with Gasteiger partial charge in [0.2, 0.25) is 0 Å². The quantitative estimate of drug-likeness (QED) is 0.673. The average Bonchev–Trinajstić information content (AvgIpc) is 2.25. The van der Waals surface area contributed by atoms with Crippen LogP contribution in [0.25, 0.3) is 0 Å². The van der Waals surface area contributed by atoms with Gasteiger partial charge in [0.25, 0.3) is 0 Å². The van der Waals surface area contributed by atoms with Gasteiger partial charge in [-0.25, -0.2) is 0 Å². The van der Waals surface area contributed by atoms with Gasteiger partial charge in [0.1, 0.15) is 0 Å². The zero-order chi connectivity index (χ0) is 11.7. The Labute approximate surface area is 94.5 Å². The van der Waals surface area contributed by atoms with Gasteiger partial charge >= 0.3 is 0 Å². The second-order valence-electron chi connectivity index (χ2n) is 3.15. The maximum absolute atomic E-state index is 5.12. The molecule has 1 nitrogen and oxygen atoms in total. The van der Waals surface area contributed by atoms with Crippen LogP contribution in [-0.2, 0) is 4.74 Å². The van der Waals surface area contributed by atoms with Crippen molar-refractivity contribution in [3.05, 3.63) is 35.4 Å². The van der Waals surface area contributed by atoms with E-state index in [0.29, 0.717) is 5.92 Å². The number of rotatable bonds is 1. The highest BCUT2D eigenvalue weighted by atomic mass is 16.5. The molecular formula is C14H24O. The summed E-state index contributed by atoms with van der Waals surface area (Å²) in [4.78, 5) is 0. The van der Waals surface area contributed by atoms with E-state index < -0.39 is 0 Å². The number of benzene rings is 1. The molecule has 1 heteroatoms. The zero-order valence-corrected chi connectivity index (χ0v) is 10.7. The molecule has 1 aromatic carbocycles. The zero-order valence-electron chi connectivity index (χ0n) is 10.7. The minimum atomic E-state index is 0.663. The molecule has 2 rings (SSSR count). The maximum atomic E-state index is 5.12. The molecule has 1 aliphatic rings. The van der Waals surface area contributed by atoms with E-state index in [4.69, 9.17) is 4.74 Å². The Morgan fingerprint density at radius 2 is 1.40 bits per heavy atom. The molecule has 0 amide bonds. The molecule has 1 saturated heterocycles. The predicted octanol–water partition coefficient (Wildman–Crippen LogP) is 4.16. The van der Waals surface area contributed by atoms with Gasteiger partial charge in [-0.2, -0.15) is 0 Å². The number of hydrogen-bond donors (Lipinski definition) is 0. The van der Waals surface area contributed by atoms with Crippen molar-refractivity contribution in [1.82, 2.24) is 0 Å². The van der Waals surface area contributed by atoms with Crippen LogP contribution in [-0.4, -0.2) is 13.2 Å². The summed E-state index contributed by atoms with van der Waals surface area (Å²) in [5.74, 6) is 0.663. The summed E-state index contributed by atoms with van der Waals surface area (Å²) in [7, 11) is 0. The molecule has 0 aliphatic carbocycles. The van der Waals surface area contributed by atoms with Crippen molar-refractivity contribution in [1.29, 1.82) is 0 Å². The first-order chi connectivity index (χ1) is 7.36. The highest BCUT2D eigenvalue weighted by Crippen LogP contribution is 2.23. The molecule has 1 heterocycles. The molecule has 1 aliphatic heterocycles. The van der Waals surface area contributed by atoms with Gasteiger partial charge in [-0.1, -0.05) is 57.5 Å². The van der Waals surface area contributed by atoms with Crippen molar-refractivity contribution in [2.45, 2.75) is 40.5 Å². The van der Waals surface area contributed by atoms with Crippen LogP contribution in [0.15, 0.2) is 24.3 Å². The van der Waals surface area contributed by atoms with E-state index in [0.717, 1.165) is 13.2 Å². The van der Waals surface area contributed by atoms with E-state index in [1.54, 1.807) is 0 Å². The monoisotopic (exact) mass is 208 g/mol. The van der Waals surface area contributed by atoms with Gasteiger partial charge in [0, 0.05) is 5.92 Å². The summed E-state index contributed by atoms with van der Waals surface area (Å²) in [6.45, 7) is 11.9. The highest BCUT2D eigenvalue weighted by Gasteiger charge is 2.19. The van der Waals surface area contributed by atoms with Gasteiger partial charge in [-0.15, -0.1) is 0 Å². The highest BCUT2D eigenvalue weighted by molar-refractivity contribution is 5.25. The van der Waals surface area contributed by atoms with Crippen molar-refractivity contribution >= 4 is 0 Å². The van der Waals surface area contributed by atoms with Crippen LogP contribution in [0.1, 0.15) is 44.7 Å². The molecule has 0 unspecified atom stereocenters.